The van der Waals surface area contributed by atoms with E-state index in [9.17, 15) is 5.11 Å². The average molecular weight is 196 g/mol. The molecule has 0 aliphatic carbocycles. The lowest BCUT2D eigenvalue weighted by Gasteiger charge is -2.52. The predicted molar refractivity (Wildman–Crippen MR) is 55.6 cm³/mol. The van der Waals surface area contributed by atoms with Crippen LogP contribution in [0.1, 0.15) is 34.1 Å². The fourth-order valence-electron chi connectivity index (χ4n) is 2.41. The van der Waals surface area contributed by atoms with E-state index in [1.165, 1.54) is 0 Å². The third-order valence-electron chi connectivity index (χ3n) is 3.66. The average Bonchev–Trinajstić information content (AvgIpc) is 2.10. The molecule has 1 unspecified atom stereocenters. The second kappa shape index (κ2) is 3.22. The lowest BCUT2D eigenvalue weighted by molar-refractivity contribution is -0.145. The van der Waals surface area contributed by atoms with Crippen molar-refractivity contribution in [2.75, 3.05) is 13.1 Å². The Morgan fingerprint density at radius 3 is 2.43 bits per heavy atom. The van der Waals surface area contributed by atoms with Gasteiger partial charge in [-0.25, -0.2) is 0 Å². The van der Waals surface area contributed by atoms with Crippen molar-refractivity contribution in [3.8, 4) is 6.07 Å². The van der Waals surface area contributed by atoms with Crippen LogP contribution in [0, 0.1) is 22.2 Å². The molecule has 1 heterocycles. The lowest BCUT2D eigenvalue weighted by atomic mass is 9.58. The molecular weight excluding hydrogens is 176 g/mol. The Morgan fingerprint density at radius 1 is 1.43 bits per heavy atom. The third-order valence-corrected chi connectivity index (χ3v) is 3.66. The van der Waals surface area contributed by atoms with Crippen molar-refractivity contribution < 1.29 is 5.11 Å². The monoisotopic (exact) mass is 196 g/mol. The summed E-state index contributed by atoms with van der Waals surface area (Å²) in [5.41, 5.74) is -1.86. The summed E-state index contributed by atoms with van der Waals surface area (Å²) in [6.45, 7) is 9.20. The number of piperidine rings is 1. The zero-order valence-corrected chi connectivity index (χ0v) is 9.52. The van der Waals surface area contributed by atoms with Crippen molar-refractivity contribution in [2.24, 2.45) is 10.8 Å². The highest BCUT2D eigenvalue weighted by Crippen LogP contribution is 2.47. The number of hydrogen-bond acceptors (Lipinski definition) is 3. The molecule has 0 aromatic heterocycles. The topological polar surface area (TPSA) is 56.0 Å². The molecule has 2 N–H and O–H groups in total. The highest BCUT2D eigenvalue weighted by atomic mass is 16.3. The first-order valence-corrected chi connectivity index (χ1v) is 5.11. The smallest absolute Gasteiger partial charge is 0.0902 e. The van der Waals surface area contributed by atoms with Gasteiger partial charge in [-0.3, -0.25) is 0 Å². The third kappa shape index (κ3) is 1.43. The van der Waals surface area contributed by atoms with Gasteiger partial charge in [0.2, 0.25) is 0 Å². The Hall–Kier alpha value is -0.590. The van der Waals surface area contributed by atoms with Crippen LogP contribution in [0.2, 0.25) is 0 Å². The van der Waals surface area contributed by atoms with Crippen LogP contribution in [0.25, 0.3) is 0 Å². The van der Waals surface area contributed by atoms with Crippen LogP contribution < -0.4 is 5.32 Å². The van der Waals surface area contributed by atoms with Crippen LogP contribution in [0.3, 0.4) is 0 Å². The maximum absolute atomic E-state index is 10.7. The van der Waals surface area contributed by atoms with Crippen LogP contribution in [0.15, 0.2) is 0 Å². The molecule has 1 saturated heterocycles. The minimum Gasteiger partial charge on any atom is -0.388 e. The van der Waals surface area contributed by atoms with Crippen LogP contribution in [-0.4, -0.2) is 23.8 Å². The Kier molecular flexibility index (Phi) is 2.64. The van der Waals surface area contributed by atoms with E-state index in [-0.39, 0.29) is 5.41 Å². The van der Waals surface area contributed by atoms with E-state index in [1.54, 1.807) is 0 Å². The molecule has 3 nitrogen and oxygen atoms in total. The summed E-state index contributed by atoms with van der Waals surface area (Å²) in [5, 5.41) is 23.0. The molecule has 3 heteroatoms. The first-order chi connectivity index (χ1) is 6.27. The normalized spacial score (nSPS) is 32.3. The molecule has 0 aromatic carbocycles. The summed E-state index contributed by atoms with van der Waals surface area (Å²) in [4.78, 5) is 0. The molecule has 0 bridgehead atoms. The second-order valence-corrected chi connectivity index (χ2v) is 5.41. The Labute approximate surface area is 86.1 Å². The Bertz CT molecular complexity index is 265. The van der Waals surface area contributed by atoms with Crippen molar-refractivity contribution in [3.63, 3.8) is 0 Å². The summed E-state index contributed by atoms with van der Waals surface area (Å²) in [6.07, 6.45) is 0.639. The van der Waals surface area contributed by atoms with E-state index >= 15 is 0 Å². The van der Waals surface area contributed by atoms with Crippen LogP contribution in [0.4, 0.5) is 0 Å². The van der Waals surface area contributed by atoms with Crippen LogP contribution in [0.5, 0.6) is 0 Å². The maximum Gasteiger partial charge on any atom is 0.0902 e. The van der Waals surface area contributed by atoms with Gasteiger partial charge in [0, 0.05) is 12.0 Å². The molecule has 0 amide bonds. The van der Waals surface area contributed by atoms with E-state index in [2.05, 4.69) is 11.4 Å². The number of hydrogen-bond donors (Lipinski definition) is 2. The summed E-state index contributed by atoms with van der Waals surface area (Å²) < 4.78 is 0. The molecule has 1 atom stereocenters. The van der Waals surface area contributed by atoms with Crippen molar-refractivity contribution in [2.45, 2.75) is 39.7 Å². The number of nitriles is 1. The largest absolute Gasteiger partial charge is 0.388 e. The Morgan fingerprint density at radius 2 is 2.00 bits per heavy atom. The van der Waals surface area contributed by atoms with Gasteiger partial charge in [-0.15, -0.1) is 0 Å². The summed E-state index contributed by atoms with van der Waals surface area (Å²) >= 11 is 0. The maximum atomic E-state index is 10.7. The summed E-state index contributed by atoms with van der Waals surface area (Å²) in [7, 11) is 0. The first kappa shape index (κ1) is 11.5. The molecule has 0 spiro atoms. The molecule has 0 radical (unpaired) electrons. The second-order valence-electron chi connectivity index (χ2n) is 5.41. The van der Waals surface area contributed by atoms with Gasteiger partial charge in [-0.1, -0.05) is 13.8 Å². The molecule has 1 aliphatic heterocycles. The van der Waals surface area contributed by atoms with Crippen molar-refractivity contribution >= 4 is 0 Å². The zero-order valence-electron chi connectivity index (χ0n) is 9.52. The minimum atomic E-state index is -0.903. The van der Waals surface area contributed by atoms with Crippen LogP contribution >= 0.6 is 0 Å². The first-order valence-electron chi connectivity index (χ1n) is 5.11. The molecule has 80 valence electrons. The number of nitrogens with one attached hydrogen (secondary N) is 1. The van der Waals surface area contributed by atoms with Crippen molar-refractivity contribution in [3.05, 3.63) is 0 Å². The van der Waals surface area contributed by atoms with Gasteiger partial charge in [0.15, 0.2) is 0 Å². The number of rotatable bonds is 1. The highest BCUT2D eigenvalue weighted by Gasteiger charge is 2.55. The lowest BCUT2D eigenvalue weighted by Crippen LogP contribution is -2.62. The van der Waals surface area contributed by atoms with Crippen LogP contribution in [-0.2, 0) is 0 Å². The van der Waals surface area contributed by atoms with E-state index in [4.69, 9.17) is 5.26 Å². The quantitative estimate of drug-likeness (QED) is 0.664. The molecule has 0 saturated carbocycles. The van der Waals surface area contributed by atoms with E-state index in [0.29, 0.717) is 6.42 Å². The van der Waals surface area contributed by atoms with Gasteiger partial charge in [-0.05, 0) is 26.8 Å². The predicted octanol–water partition coefficient (Wildman–Crippen LogP) is 1.29. The minimum absolute atomic E-state index is 0.259. The van der Waals surface area contributed by atoms with E-state index in [0.717, 1.165) is 13.1 Å². The van der Waals surface area contributed by atoms with Gasteiger partial charge in [-0.2, -0.15) is 5.26 Å². The van der Waals surface area contributed by atoms with Gasteiger partial charge in [0.1, 0.15) is 0 Å². The fraction of sp³-hybridized carbons (Fsp3) is 0.909. The highest BCUT2D eigenvalue weighted by molar-refractivity contribution is 5.14. The van der Waals surface area contributed by atoms with Gasteiger partial charge in [0.25, 0.3) is 0 Å². The summed E-state index contributed by atoms with van der Waals surface area (Å²) in [5.74, 6) is 0. The van der Waals surface area contributed by atoms with Gasteiger partial charge in [0.05, 0.1) is 17.1 Å². The van der Waals surface area contributed by atoms with E-state index < -0.39 is 11.0 Å². The molecular formula is C11H20N2O. The van der Waals surface area contributed by atoms with Gasteiger partial charge < -0.3 is 10.4 Å². The number of nitrogens with zero attached hydrogens (tertiary/aromatic N) is 1. The van der Waals surface area contributed by atoms with Gasteiger partial charge >= 0.3 is 0 Å². The molecule has 0 aromatic rings. The summed E-state index contributed by atoms with van der Waals surface area (Å²) in [6, 6.07) is 2.23. The molecule has 1 rings (SSSR count). The zero-order chi connectivity index (χ0) is 11.0. The standard InChI is InChI=1S/C11H20N2O/c1-9(2,7-12)11(14)5-6-13-8-10(11,3)4/h13-14H,5-6,8H2,1-4H3. The van der Waals surface area contributed by atoms with Crippen molar-refractivity contribution in [1.29, 1.82) is 5.26 Å². The molecule has 14 heavy (non-hydrogen) atoms. The van der Waals surface area contributed by atoms with E-state index in [1.807, 2.05) is 27.7 Å². The SMILES string of the molecule is CC(C)(C#N)C1(O)CCNCC1(C)C. The fourth-order valence-corrected chi connectivity index (χ4v) is 2.41. The molecule has 1 fully saturated rings. The molecule has 1 aliphatic rings. The Balaban J connectivity index is 3.08. The van der Waals surface area contributed by atoms with Crippen molar-refractivity contribution in [1.82, 2.24) is 5.32 Å². The number of aliphatic hydroxyl groups is 1.